The van der Waals surface area contributed by atoms with Gasteiger partial charge in [-0.15, -0.1) is 0 Å². The molecule has 0 aliphatic heterocycles. The molecule has 78 valence electrons. The van der Waals surface area contributed by atoms with Gasteiger partial charge in [0.25, 0.3) is 0 Å². The van der Waals surface area contributed by atoms with Crippen LogP contribution < -0.4 is 5.73 Å². The Morgan fingerprint density at radius 2 is 2.08 bits per heavy atom. The lowest BCUT2D eigenvalue weighted by Crippen LogP contribution is -2.31. The summed E-state index contributed by atoms with van der Waals surface area (Å²) < 4.78 is 10.4. The summed E-state index contributed by atoms with van der Waals surface area (Å²) in [5.41, 5.74) is 5.13. The van der Waals surface area contributed by atoms with Crippen LogP contribution in [0.3, 0.4) is 0 Å². The second-order valence-corrected chi connectivity index (χ2v) is 3.80. The molecular formula is C7H15NO4S. The molecule has 0 heterocycles. The number of carbonyl (C=O) groups excluding carboxylic acids is 1. The SMILES string of the molecule is CC=O.CS(=O)CCC(N)C(=O)O. The lowest BCUT2D eigenvalue weighted by Gasteiger charge is -2.02. The molecule has 0 fully saturated rings. The number of hydrogen-bond donors (Lipinski definition) is 2. The van der Waals surface area contributed by atoms with Crippen molar-refractivity contribution in [3.05, 3.63) is 0 Å². The second-order valence-electron chi connectivity index (χ2n) is 2.25. The van der Waals surface area contributed by atoms with Gasteiger partial charge in [-0.1, -0.05) is 0 Å². The molecule has 2 unspecified atom stereocenters. The molecule has 13 heavy (non-hydrogen) atoms. The Kier molecular flexibility index (Phi) is 10.6. The van der Waals surface area contributed by atoms with Gasteiger partial charge in [-0.25, -0.2) is 0 Å². The Morgan fingerprint density at radius 1 is 1.69 bits per heavy atom. The van der Waals surface area contributed by atoms with Gasteiger partial charge in [0.15, 0.2) is 0 Å². The average Bonchev–Trinajstić information content (AvgIpc) is 2.01. The fraction of sp³-hybridized carbons (Fsp3) is 0.714. The minimum absolute atomic E-state index is 0.276. The second kappa shape index (κ2) is 9.34. The van der Waals surface area contributed by atoms with E-state index in [1.807, 2.05) is 0 Å². The molecule has 0 saturated heterocycles. The minimum Gasteiger partial charge on any atom is -0.480 e. The van der Waals surface area contributed by atoms with Gasteiger partial charge in [0.05, 0.1) is 0 Å². The van der Waals surface area contributed by atoms with E-state index in [1.54, 1.807) is 0 Å². The van der Waals surface area contributed by atoms with Crippen molar-refractivity contribution in [2.24, 2.45) is 5.73 Å². The van der Waals surface area contributed by atoms with E-state index >= 15 is 0 Å². The summed E-state index contributed by atoms with van der Waals surface area (Å²) in [4.78, 5) is 18.9. The number of carbonyl (C=O) groups is 2. The highest BCUT2D eigenvalue weighted by Gasteiger charge is 2.10. The molecule has 0 aliphatic rings. The third-order valence-corrected chi connectivity index (χ3v) is 1.84. The van der Waals surface area contributed by atoms with Gasteiger partial charge in [0, 0.05) is 22.8 Å². The Balaban J connectivity index is 0. The molecule has 0 aromatic carbocycles. The first-order chi connectivity index (χ1) is 5.95. The van der Waals surface area contributed by atoms with Crippen molar-refractivity contribution in [1.82, 2.24) is 0 Å². The highest BCUT2D eigenvalue weighted by Crippen LogP contribution is 1.89. The maximum atomic E-state index is 10.4. The molecule has 0 spiro atoms. The topological polar surface area (TPSA) is 97.5 Å². The fourth-order valence-electron chi connectivity index (χ4n) is 0.416. The van der Waals surface area contributed by atoms with Crippen LogP contribution in [0.4, 0.5) is 0 Å². The van der Waals surface area contributed by atoms with E-state index in [2.05, 4.69) is 0 Å². The number of rotatable bonds is 4. The zero-order valence-corrected chi connectivity index (χ0v) is 8.54. The monoisotopic (exact) mass is 209 g/mol. The van der Waals surface area contributed by atoms with Crippen LogP contribution in [0, 0.1) is 0 Å². The minimum atomic E-state index is -1.04. The quantitative estimate of drug-likeness (QED) is 0.601. The number of nitrogens with two attached hydrogens (primary N) is 1. The van der Waals surface area contributed by atoms with E-state index in [0.29, 0.717) is 5.75 Å². The molecule has 0 radical (unpaired) electrons. The zero-order valence-electron chi connectivity index (χ0n) is 7.73. The van der Waals surface area contributed by atoms with Crippen molar-refractivity contribution in [2.75, 3.05) is 12.0 Å². The molecule has 0 bridgehead atoms. The molecule has 0 rings (SSSR count). The van der Waals surface area contributed by atoms with Crippen LogP contribution in [-0.2, 0) is 20.4 Å². The van der Waals surface area contributed by atoms with Crippen LogP contribution in [0.2, 0.25) is 0 Å². The number of aliphatic carboxylic acids is 1. The standard InChI is InChI=1S/C5H11NO3S.C2H4O/c1-10(9)3-2-4(6)5(7)8;1-2-3/h4H,2-3,6H2,1H3,(H,7,8);2H,1H3. The molecule has 0 amide bonds. The summed E-state index contributed by atoms with van der Waals surface area (Å²) >= 11 is 0. The maximum absolute atomic E-state index is 10.4. The summed E-state index contributed by atoms with van der Waals surface area (Å²) in [6.45, 7) is 1.44. The van der Waals surface area contributed by atoms with Crippen LogP contribution in [-0.4, -0.2) is 39.6 Å². The fourth-order valence-corrected chi connectivity index (χ4v) is 1.00. The van der Waals surface area contributed by atoms with Crippen molar-refractivity contribution in [2.45, 2.75) is 19.4 Å². The first-order valence-corrected chi connectivity index (χ1v) is 5.36. The highest BCUT2D eigenvalue weighted by atomic mass is 32.2. The van der Waals surface area contributed by atoms with Crippen LogP contribution >= 0.6 is 0 Å². The van der Waals surface area contributed by atoms with Crippen molar-refractivity contribution in [3.63, 3.8) is 0 Å². The van der Waals surface area contributed by atoms with Gasteiger partial charge in [0.1, 0.15) is 12.3 Å². The van der Waals surface area contributed by atoms with E-state index in [4.69, 9.17) is 15.6 Å². The largest absolute Gasteiger partial charge is 0.480 e. The van der Waals surface area contributed by atoms with E-state index in [1.165, 1.54) is 13.2 Å². The molecule has 0 aromatic heterocycles. The van der Waals surface area contributed by atoms with E-state index in [9.17, 15) is 9.00 Å². The van der Waals surface area contributed by atoms with Gasteiger partial charge in [-0.3, -0.25) is 9.00 Å². The number of hydrogen-bond acceptors (Lipinski definition) is 4. The molecule has 6 heteroatoms. The smallest absolute Gasteiger partial charge is 0.320 e. The lowest BCUT2D eigenvalue weighted by molar-refractivity contribution is -0.138. The van der Waals surface area contributed by atoms with Crippen molar-refractivity contribution >= 4 is 23.1 Å². The average molecular weight is 209 g/mol. The Labute approximate surface area is 79.8 Å². The van der Waals surface area contributed by atoms with Gasteiger partial charge in [-0.05, 0) is 13.3 Å². The summed E-state index contributed by atoms with van der Waals surface area (Å²) in [6.07, 6.45) is 2.55. The molecule has 0 saturated carbocycles. The zero-order chi connectivity index (χ0) is 10.9. The first-order valence-electron chi connectivity index (χ1n) is 3.63. The normalized spacial score (nSPS) is 13.5. The molecule has 2 atom stereocenters. The number of aldehydes is 1. The third-order valence-electron chi connectivity index (χ3n) is 1.03. The highest BCUT2D eigenvalue weighted by molar-refractivity contribution is 7.84. The number of carboxylic acid groups (broad SMARTS) is 1. The van der Waals surface area contributed by atoms with Gasteiger partial charge in [0.2, 0.25) is 0 Å². The summed E-state index contributed by atoms with van der Waals surface area (Å²) in [6, 6.07) is -0.871. The van der Waals surface area contributed by atoms with Crippen LogP contribution in [0.15, 0.2) is 0 Å². The third kappa shape index (κ3) is 14.1. The summed E-state index contributed by atoms with van der Waals surface area (Å²) in [5.74, 6) is -0.682. The summed E-state index contributed by atoms with van der Waals surface area (Å²) in [7, 11) is -0.946. The first kappa shape index (κ1) is 14.8. The Morgan fingerprint density at radius 3 is 2.31 bits per heavy atom. The maximum Gasteiger partial charge on any atom is 0.320 e. The van der Waals surface area contributed by atoms with Gasteiger partial charge in [-0.2, -0.15) is 0 Å². The predicted molar refractivity (Wildman–Crippen MR) is 50.9 cm³/mol. The lowest BCUT2D eigenvalue weighted by atomic mass is 10.2. The summed E-state index contributed by atoms with van der Waals surface area (Å²) in [5, 5.41) is 8.27. The van der Waals surface area contributed by atoms with Crippen LogP contribution in [0.1, 0.15) is 13.3 Å². The molecular weight excluding hydrogens is 194 g/mol. The van der Waals surface area contributed by atoms with Crippen LogP contribution in [0.5, 0.6) is 0 Å². The van der Waals surface area contributed by atoms with Gasteiger partial charge < -0.3 is 15.6 Å². The Bertz CT molecular complexity index is 183. The molecule has 5 nitrogen and oxygen atoms in total. The molecule has 0 aliphatic carbocycles. The van der Waals surface area contributed by atoms with E-state index in [0.717, 1.165) is 6.29 Å². The predicted octanol–water partition coefficient (Wildman–Crippen LogP) is -0.628. The van der Waals surface area contributed by atoms with Gasteiger partial charge >= 0.3 is 5.97 Å². The van der Waals surface area contributed by atoms with Crippen molar-refractivity contribution < 1.29 is 18.9 Å². The van der Waals surface area contributed by atoms with Crippen LogP contribution in [0.25, 0.3) is 0 Å². The van der Waals surface area contributed by atoms with Crippen molar-refractivity contribution in [1.29, 1.82) is 0 Å². The Hall–Kier alpha value is -0.750. The molecule has 0 aromatic rings. The number of carboxylic acids is 1. The van der Waals surface area contributed by atoms with E-state index < -0.39 is 22.8 Å². The van der Waals surface area contributed by atoms with Crippen molar-refractivity contribution in [3.8, 4) is 0 Å². The van der Waals surface area contributed by atoms with E-state index in [-0.39, 0.29) is 6.42 Å². The molecule has 3 N–H and O–H groups in total.